The van der Waals surface area contributed by atoms with Gasteiger partial charge in [-0.2, -0.15) is 12.1 Å². The average Bonchev–Trinajstić information content (AvgIpc) is 3.36. The van der Waals surface area contributed by atoms with Crippen molar-refractivity contribution in [3.05, 3.63) is 72.6 Å². The number of hydrogen-bond acceptors (Lipinski definition) is 4. The van der Waals surface area contributed by atoms with Crippen LogP contribution in [0.3, 0.4) is 0 Å². The van der Waals surface area contributed by atoms with E-state index >= 15 is 0 Å². The third kappa shape index (κ3) is 5.23. The maximum atomic E-state index is 10.0. The first-order valence-corrected chi connectivity index (χ1v) is 11.0. The van der Waals surface area contributed by atoms with Crippen LogP contribution >= 0.6 is 0 Å². The van der Waals surface area contributed by atoms with E-state index in [0.717, 1.165) is 47.1 Å². The van der Waals surface area contributed by atoms with Gasteiger partial charge < -0.3 is 9.52 Å². The van der Waals surface area contributed by atoms with Crippen LogP contribution in [0.2, 0.25) is 0 Å². The van der Waals surface area contributed by atoms with Crippen LogP contribution in [0.5, 0.6) is 0 Å². The Morgan fingerprint density at radius 1 is 1.15 bits per heavy atom. The van der Waals surface area contributed by atoms with Crippen molar-refractivity contribution in [1.29, 1.82) is 0 Å². The SMILES string of the molecule is CC(=O)/C=C(/C)O.CCCC[N+]1=C=[N+](c2[c-]ccc3c2oc2ncccc23)c2ccccc21.[Ir]. The zero-order chi connectivity index (χ0) is 23.4. The average molecular weight is 633 g/mol. The molecule has 7 heteroatoms. The largest absolute Gasteiger partial charge is 0.512 e. The molecular formula is C27H26IrN3O3+. The maximum absolute atomic E-state index is 10.0. The number of carbonyl (C=O) groups excluding carboxylic acids is 1. The predicted octanol–water partition coefficient (Wildman–Crippen LogP) is 6.28. The quantitative estimate of drug-likeness (QED) is 0.122. The Morgan fingerprint density at radius 2 is 1.91 bits per heavy atom. The standard InChI is InChI=1S/C22H18N3O.C5H8O2.Ir/c1-2-3-14-24-15-25(19-11-5-4-10-18(19)24)20-12-6-8-16-17-9-7-13-23-22(17)26-21(16)20;1-4(6)3-5(2)7;/h4-11,13H,2-3,14H2,1H3;3,6H,1-2H3;/q+1;;/b;4-3-;. The van der Waals surface area contributed by atoms with Crippen LogP contribution in [0, 0.1) is 6.07 Å². The molecule has 0 unspecified atom stereocenters. The van der Waals surface area contributed by atoms with Crippen LogP contribution in [-0.2, 0) is 24.9 Å². The molecule has 175 valence electrons. The summed E-state index contributed by atoms with van der Waals surface area (Å²) in [4.78, 5) is 14.4. The van der Waals surface area contributed by atoms with E-state index in [2.05, 4.69) is 57.4 Å². The molecule has 1 aliphatic rings. The second-order valence-electron chi connectivity index (χ2n) is 7.85. The van der Waals surface area contributed by atoms with Gasteiger partial charge in [-0.25, -0.2) is 4.98 Å². The first-order valence-electron chi connectivity index (χ1n) is 11.0. The maximum Gasteiger partial charge on any atom is 0.494 e. The molecule has 34 heavy (non-hydrogen) atoms. The minimum atomic E-state index is -0.125. The van der Waals surface area contributed by atoms with Crippen LogP contribution in [0.1, 0.15) is 33.6 Å². The minimum absolute atomic E-state index is 0. The fourth-order valence-corrected chi connectivity index (χ4v) is 3.79. The molecule has 1 aliphatic heterocycles. The van der Waals surface area contributed by atoms with E-state index in [4.69, 9.17) is 9.52 Å². The zero-order valence-corrected chi connectivity index (χ0v) is 21.7. The number of ketones is 1. The Balaban J connectivity index is 0.000000357. The number of aliphatic hydroxyl groups excluding tert-OH is 1. The zero-order valence-electron chi connectivity index (χ0n) is 19.3. The summed E-state index contributed by atoms with van der Waals surface area (Å²) in [6.45, 7) is 6.00. The molecular weight excluding hydrogens is 607 g/mol. The van der Waals surface area contributed by atoms with Gasteiger partial charge in [-0.05, 0) is 26.0 Å². The number of pyridine rings is 1. The van der Waals surface area contributed by atoms with E-state index in [9.17, 15) is 4.79 Å². The predicted molar refractivity (Wildman–Crippen MR) is 130 cm³/mol. The van der Waals surface area contributed by atoms with E-state index in [1.165, 1.54) is 25.6 Å². The number of aliphatic hydroxyl groups is 1. The molecule has 1 radical (unpaired) electrons. The molecule has 4 aromatic rings. The number of para-hydroxylation sites is 2. The van der Waals surface area contributed by atoms with Crippen LogP contribution in [0.25, 0.3) is 22.1 Å². The third-order valence-electron chi connectivity index (χ3n) is 5.19. The molecule has 0 saturated carbocycles. The van der Waals surface area contributed by atoms with Gasteiger partial charge in [-0.15, -0.1) is 6.07 Å². The Kier molecular flexibility index (Phi) is 8.30. The van der Waals surface area contributed by atoms with Gasteiger partial charge in [0.15, 0.2) is 18.0 Å². The van der Waals surface area contributed by atoms with Gasteiger partial charge in [0.2, 0.25) is 5.71 Å². The number of carbonyl (C=O) groups is 1. The molecule has 6 nitrogen and oxygen atoms in total. The molecule has 2 aromatic heterocycles. The minimum Gasteiger partial charge on any atom is -0.512 e. The number of fused-ring (bicyclic) bond motifs is 4. The van der Waals surface area contributed by atoms with Gasteiger partial charge in [0.05, 0.1) is 11.3 Å². The number of hydrogen-bond donors (Lipinski definition) is 1. The molecule has 0 spiro atoms. The fourth-order valence-electron chi connectivity index (χ4n) is 3.79. The summed E-state index contributed by atoms with van der Waals surface area (Å²) in [5.41, 5.74) is 4.58. The Morgan fingerprint density at radius 3 is 2.59 bits per heavy atom. The van der Waals surface area contributed by atoms with Gasteiger partial charge in [0.1, 0.15) is 0 Å². The van der Waals surface area contributed by atoms with Gasteiger partial charge in [0.25, 0.3) is 11.4 Å². The number of benzene rings is 2. The van der Waals surface area contributed by atoms with Crippen molar-refractivity contribution < 1.29 is 39.0 Å². The molecule has 3 heterocycles. The van der Waals surface area contributed by atoms with Crippen molar-refractivity contribution in [2.75, 3.05) is 6.54 Å². The molecule has 0 fully saturated rings. The number of rotatable bonds is 5. The molecule has 0 aliphatic carbocycles. The Hall–Kier alpha value is -3.37. The molecule has 5 rings (SSSR count). The van der Waals surface area contributed by atoms with E-state index in [-0.39, 0.29) is 31.6 Å². The first kappa shape index (κ1) is 25.3. The molecule has 0 atom stereocenters. The molecule has 1 N–H and O–H groups in total. The van der Waals surface area contributed by atoms with Crippen molar-refractivity contribution in [3.8, 4) is 0 Å². The third-order valence-corrected chi connectivity index (χ3v) is 5.19. The first-order chi connectivity index (χ1) is 16.0. The van der Waals surface area contributed by atoms with Crippen molar-refractivity contribution >= 4 is 50.9 Å². The van der Waals surface area contributed by atoms with Gasteiger partial charge in [-0.1, -0.05) is 40.0 Å². The van der Waals surface area contributed by atoms with E-state index in [1.54, 1.807) is 6.20 Å². The second-order valence-corrected chi connectivity index (χ2v) is 7.85. The Bertz CT molecular complexity index is 1440. The van der Waals surface area contributed by atoms with E-state index in [0.29, 0.717) is 5.71 Å². The smallest absolute Gasteiger partial charge is 0.494 e. The molecule has 2 aromatic carbocycles. The molecule has 0 saturated heterocycles. The summed E-state index contributed by atoms with van der Waals surface area (Å²) in [6, 6.07) is 23.2. The van der Waals surface area contributed by atoms with Gasteiger partial charge in [0, 0.05) is 56.3 Å². The summed E-state index contributed by atoms with van der Waals surface area (Å²) < 4.78 is 10.3. The van der Waals surface area contributed by atoms with E-state index < -0.39 is 0 Å². The normalized spacial score (nSPS) is 12.4. The number of furan rings is 1. The summed E-state index contributed by atoms with van der Waals surface area (Å²) in [7, 11) is 0. The summed E-state index contributed by atoms with van der Waals surface area (Å²) in [6.07, 6.45) is 5.19. The van der Waals surface area contributed by atoms with Crippen molar-refractivity contribution in [1.82, 2.24) is 9.56 Å². The van der Waals surface area contributed by atoms with Crippen molar-refractivity contribution in [2.45, 2.75) is 33.6 Å². The Labute approximate surface area is 211 Å². The van der Waals surface area contributed by atoms with Crippen molar-refractivity contribution in [2.24, 2.45) is 0 Å². The van der Waals surface area contributed by atoms with Gasteiger partial charge in [-0.3, -0.25) is 4.79 Å². The summed E-state index contributed by atoms with van der Waals surface area (Å²) in [5, 5.41) is 10.4. The van der Waals surface area contributed by atoms with Gasteiger partial charge >= 0.3 is 6.01 Å². The monoisotopic (exact) mass is 633 g/mol. The number of unbranched alkanes of at least 4 members (excludes halogenated alkanes) is 1. The summed E-state index contributed by atoms with van der Waals surface area (Å²) in [5.74, 6) is -0.0625. The van der Waals surface area contributed by atoms with Crippen LogP contribution < -0.4 is 4.58 Å². The van der Waals surface area contributed by atoms with E-state index in [1.807, 2.05) is 24.3 Å². The van der Waals surface area contributed by atoms with Crippen LogP contribution in [0.4, 0.5) is 17.1 Å². The van der Waals surface area contributed by atoms with Crippen molar-refractivity contribution in [3.63, 3.8) is 0 Å². The topological polar surface area (TPSA) is 69.3 Å². The van der Waals surface area contributed by atoms with Crippen LogP contribution in [-0.4, -0.2) is 33.0 Å². The number of aromatic nitrogens is 1. The molecule has 0 bridgehead atoms. The molecule has 0 amide bonds. The fraction of sp³-hybridized carbons (Fsp3) is 0.222. The number of nitrogens with zero attached hydrogens (tertiary/aromatic N) is 3. The number of allylic oxidation sites excluding steroid dienone is 2. The summed E-state index contributed by atoms with van der Waals surface area (Å²) >= 11 is 0. The second kappa shape index (κ2) is 11.2. The van der Waals surface area contributed by atoms with Crippen LogP contribution in [0.15, 0.2) is 71.0 Å².